The summed E-state index contributed by atoms with van der Waals surface area (Å²) in [6, 6.07) is 23.4. The second kappa shape index (κ2) is 8.26. The highest BCUT2D eigenvalue weighted by Gasteiger charge is 2.13. The Morgan fingerprint density at radius 3 is 2.34 bits per heavy atom. The van der Waals surface area contributed by atoms with Crippen LogP contribution in [-0.2, 0) is 0 Å². The van der Waals surface area contributed by atoms with Crippen molar-refractivity contribution in [1.29, 1.82) is 0 Å². The summed E-state index contributed by atoms with van der Waals surface area (Å²) in [5.74, 6) is 1.94. The van der Waals surface area contributed by atoms with Gasteiger partial charge in [-0.05, 0) is 54.6 Å². The summed E-state index contributed by atoms with van der Waals surface area (Å²) in [4.78, 5) is 12.4. The maximum absolute atomic E-state index is 12.4. The SMILES string of the molecule is COc1cccc(-c2nnc(NC(=O)c3ccc(Oc4ccccc4)cc3)o2)c1. The van der Waals surface area contributed by atoms with E-state index in [-0.39, 0.29) is 17.8 Å². The molecule has 0 unspecified atom stereocenters. The van der Waals surface area contributed by atoms with E-state index in [2.05, 4.69) is 15.5 Å². The molecule has 0 atom stereocenters. The highest BCUT2D eigenvalue weighted by atomic mass is 16.5. The van der Waals surface area contributed by atoms with Gasteiger partial charge in [0.25, 0.3) is 5.91 Å². The molecule has 4 aromatic rings. The van der Waals surface area contributed by atoms with E-state index < -0.39 is 0 Å². The van der Waals surface area contributed by atoms with Gasteiger partial charge < -0.3 is 13.9 Å². The number of aromatic nitrogens is 2. The summed E-state index contributed by atoms with van der Waals surface area (Å²) in [6.07, 6.45) is 0. The number of hydrogen-bond acceptors (Lipinski definition) is 6. The molecule has 29 heavy (non-hydrogen) atoms. The van der Waals surface area contributed by atoms with Crippen molar-refractivity contribution < 1.29 is 18.7 Å². The summed E-state index contributed by atoms with van der Waals surface area (Å²) in [5.41, 5.74) is 1.13. The Labute approximate surface area is 166 Å². The molecule has 1 N–H and O–H groups in total. The third-order valence-corrected chi connectivity index (χ3v) is 4.06. The summed E-state index contributed by atoms with van der Waals surface area (Å²) in [6.45, 7) is 0. The second-order valence-corrected chi connectivity index (χ2v) is 6.04. The summed E-state index contributed by atoms with van der Waals surface area (Å²) < 4.78 is 16.4. The molecule has 0 aliphatic rings. The van der Waals surface area contributed by atoms with E-state index in [4.69, 9.17) is 13.9 Å². The predicted octanol–water partition coefficient (Wildman–Crippen LogP) is 4.79. The van der Waals surface area contributed by atoms with Crippen LogP contribution in [0.15, 0.2) is 83.3 Å². The lowest BCUT2D eigenvalue weighted by Crippen LogP contribution is -2.11. The van der Waals surface area contributed by atoms with Gasteiger partial charge in [-0.3, -0.25) is 10.1 Å². The number of nitrogens with one attached hydrogen (secondary N) is 1. The van der Waals surface area contributed by atoms with Crippen LogP contribution in [0.1, 0.15) is 10.4 Å². The number of carbonyl (C=O) groups is 1. The van der Waals surface area contributed by atoms with Gasteiger partial charge in [-0.1, -0.05) is 29.4 Å². The lowest BCUT2D eigenvalue weighted by Gasteiger charge is -2.06. The molecule has 7 heteroatoms. The molecular formula is C22H17N3O4. The van der Waals surface area contributed by atoms with E-state index in [9.17, 15) is 4.79 Å². The van der Waals surface area contributed by atoms with E-state index in [0.717, 1.165) is 5.75 Å². The van der Waals surface area contributed by atoms with Crippen molar-refractivity contribution in [3.63, 3.8) is 0 Å². The third kappa shape index (κ3) is 4.41. The van der Waals surface area contributed by atoms with E-state index in [1.54, 1.807) is 37.4 Å². The Kier molecular flexibility index (Phi) is 5.20. The van der Waals surface area contributed by atoms with Crippen molar-refractivity contribution in [3.05, 3.63) is 84.4 Å². The van der Waals surface area contributed by atoms with Crippen LogP contribution in [0.3, 0.4) is 0 Å². The number of para-hydroxylation sites is 1. The van der Waals surface area contributed by atoms with Crippen LogP contribution in [0.25, 0.3) is 11.5 Å². The summed E-state index contributed by atoms with van der Waals surface area (Å²) >= 11 is 0. The van der Waals surface area contributed by atoms with Crippen molar-refractivity contribution in [2.75, 3.05) is 12.4 Å². The second-order valence-electron chi connectivity index (χ2n) is 6.04. The standard InChI is InChI=1S/C22H17N3O4/c1-27-19-9-5-6-16(14-19)21-24-25-22(29-21)23-20(26)15-10-12-18(13-11-15)28-17-7-3-2-4-8-17/h2-14H,1H3,(H,23,25,26). The Balaban J connectivity index is 1.42. The smallest absolute Gasteiger partial charge is 0.322 e. The lowest BCUT2D eigenvalue weighted by atomic mass is 10.2. The molecule has 0 saturated heterocycles. The first-order chi connectivity index (χ1) is 14.2. The Morgan fingerprint density at radius 1 is 0.862 bits per heavy atom. The largest absolute Gasteiger partial charge is 0.497 e. The van der Waals surface area contributed by atoms with Gasteiger partial charge in [0.15, 0.2) is 0 Å². The third-order valence-electron chi connectivity index (χ3n) is 4.06. The van der Waals surface area contributed by atoms with Gasteiger partial charge in [0.05, 0.1) is 7.11 Å². The normalized spacial score (nSPS) is 10.4. The van der Waals surface area contributed by atoms with E-state index in [1.807, 2.05) is 48.5 Å². The van der Waals surface area contributed by atoms with Gasteiger partial charge in [0, 0.05) is 11.1 Å². The zero-order valence-corrected chi connectivity index (χ0v) is 15.5. The number of amides is 1. The first-order valence-electron chi connectivity index (χ1n) is 8.83. The van der Waals surface area contributed by atoms with Crippen LogP contribution in [0.2, 0.25) is 0 Å². The highest BCUT2D eigenvalue weighted by molar-refractivity contribution is 6.03. The minimum absolute atomic E-state index is 0.0115. The number of carbonyl (C=O) groups excluding carboxylic acids is 1. The summed E-state index contributed by atoms with van der Waals surface area (Å²) in [5, 5.41) is 10.4. The Hall–Kier alpha value is -4.13. The first kappa shape index (κ1) is 18.2. The molecule has 3 aromatic carbocycles. The number of methoxy groups -OCH3 is 1. The zero-order chi connectivity index (χ0) is 20.1. The molecule has 0 saturated carbocycles. The van der Waals surface area contributed by atoms with Crippen molar-refractivity contribution in [2.45, 2.75) is 0 Å². The topological polar surface area (TPSA) is 86.5 Å². The van der Waals surface area contributed by atoms with Crippen molar-refractivity contribution in [1.82, 2.24) is 10.2 Å². The van der Waals surface area contributed by atoms with Gasteiger partial charge in [-0.15, -0.1) is 5.10 Å². The molecule has 144 valence electrons. The van der Waals surface area contributed by atoms with Gasteiger partial charge in [0.1, 0.15) is 17.2 Å². The van der Waals surface area contributed by atoms with Crippen LogP contribution >= 0.6 is 0 Å². The number of rotatable bonds is 6. The fourth-order valence-corrected chi connectivity index (χ4v) is 2.61. The molecule has 0 radical (unpaired) electrons. The minimum atomic E-state index is -0.364. The zero-order valence-electron chi connectivity index (χ0n) is 15.5. The highest BCUT2D eigenvalue weighted by Crippen LogP contribution is 2.24. The monoisotopic (exact) mass is 387 g/mol. The maximum Gasteiger partial charge on any atom is 0.322 e. The lowest BCUT2D eigenvalue weighted by molar-refractivity contribution is 0.102. The van der Waals surface area contributed by atoms with Gasteiger partial charge in [-0.2, -0.15) is 0 Å². The van der Waals surface area contributed by atoms with Crippen molar-refractivity contribution in [2.24, 2.45) is 0 Å². The van der Waals surface area contributed by atoms with E-state index in [0.29, 0.717) is 22.6 Å². The van der Waals surface area contributed by atoms with Gasteiger partial charge in [-0.25, -0.2) is 0 Å². The van der Waals surface area contributed by atoms with E-state index >= 15 is 0 Å². The molecule has 4 rings (SSSR count). The van der Waals surface area contributed by atoms with Crippen LogP contribution in [0.4, 0.5) is 6.01 Å². The number of ether oxygens (including phenoxy) is 2. The fraction of sp³-hybridized carbons (Fsp3) is 0.0455. The quantitative estimate of drug-likeness (QED) is 0.512. The Bertz CT molecular complexity index is 1110. The predicted molar refractivity (Wildman–Crippen MR) is 107 cm³/mol. The molecule has 1 aromatic heterocycles. The van der Waals surface area contributed by atoms with Crippen molar-refractivity contribution >= 4 is 11.9 Å². The molecule has 0 aliphatic carbocycles. The fourth-order valence-electron chi connectivity index (χ4n) is 2.61. The molecule has 7 nitrogen and oxygen atoms in total. The average Bonchev–Trinajstić information content (AvgIpc) is 3.23. The molecule has 1 amide bonds. The Morgan fingerprint density at radius 2 is 1.59 bits per heavy atom. The van der Waals surface area contributed by atoms with Crippen LogP contribution < -0.4 is 14.8 Å². The van der Waals surface area contributed by atoms with Crippen molar-refractivity contribution in [3.8, 4) is 28.7 Å². The number of nitrogens with zero attached hydrogens (tertiary/aromatic N) is 2. The number of anilines is 1. The first-order valence-corrected chi connectivity index (χ1v) is 8.83. The van der Waals surface area contributed by atoms with E-state index in [1.165, 1.54) is 0 Å². The molecule has 0 aliphatic heterocycles. The van der Waals surface area contributed by atoms with Gasteiger partial charge in [0.2, 0.25) is 5.89 Å². The van der Waals surface area contributed by atoms with Crippen LogP contribution in [-0.4, -0.2) is 23.2 Å². The molecular weight excluding hydrogens is 370 g/mol. The number of benzene rings is 3. The maximum atomic E-state index is 12.4. The average molecular weight is 387 g/mol. The van der Waals surface area contributed by atoms with Crippen LogP contribution in [0.5, 0.6) is 17.2 Å². The van der Waals surface area contributed by atoms with Gasteiger partial charge >= 0.3 is 6.01 Å². The molecule has 0 fully saturated rings. The molecule has 0 spiro atoms. The van der Waals surface area contributed by atoms with Crippen LogP contribution in [0, 0.1) is 0 Å². The summed E-state index contributed by atoms with van der Waals surface area (Å²) in [7, 11) is 1.58. The molecule has 1 heterocycles. The number of hydrogen-bond donors (Lipinski definition) is 1. The molecule has 0 bridgehead atoms. The minimum Gasteiger partial charge on any atom is -0.497 e.